The Balaban J connectivity index is 0.00000112. The highest BCUT2D eigenvalue weighted by Gasteiger charge is 2.12. The van der Waals surface area contributed by atoms with Crippen LogP contribution in [0.3, 0.4) is 0 Å². The molecule has 1 fully saturated rings. The predicted octanol–water partition coefficient (Wildman–Crippen LogP) is 2.96. The second-order valence-electron chi connectivity index (χ2n) is 4.40. The average molecular weight is 226 g/mol. The monoisotopic (exact) mass is 225 g/mol. The Bertz CT molecular complexity index is 275. The summed E-state index contributed by atoms with van der Waals surface area (Å²) >= 11 is 0. The Morgan fingerprint density at radius 3 is 2.60 bits per heavy atom. The van der Waals surface area contributed by atoms with E-state index in [2.05, 4.69) is 36.5 Å². The average Bonchev–Trinajstić information content (AvgIpc) is 2.23. The van der Waals surface area contributed by atoms with Crippen molar-refractivity contribution in [1.82, 2.24) is 5.32 Å². The van der Waals surface area contributed by atoms with Crippen molar-refractivity contribution in [3.8, 4) is 0 Å². The second-order valence-corrected chi connectivity index (χ2v) is 4.40. The molecule has 1 unspecified atom stereocenters. The number of aryl methyl sites for hydroxylation is 1. The van der Waals surface area contributed by atoms with E-state index in [4.69, 9.17) is 0 Å². The van der Waals surface area contributed by atoms with Gasteiger partial charge < -0.3 is 5.32 Å². The smallest absolute Gasteiger partial charge is 0.00173 e. The van der Waals surface area contributed by atoms with Crippen molar-refractivity contribution >= 4 is 12.4 Å². The first-order valence-electron chi connectivity index (χ1n) is 5.61. The van der Waals surface area contributed by atoms with Crippen LogP contribution in [0.1, 0.15) is 24.0 Å². The normalized spacial score (nSPS) is 20.7. The summed E-state index contributed by atoms with van der Waals surface area (Å²) in [6.07, 6.45) is 3.98. The predicted molar refractivity (Wildman–Crippen MR) is 67.7 cm³/mol. The highest BCUT2D eigenvalue weighted by Crippen LogP contribution is 2.16. The van der Waals surface area contributed by atoms with Crippen LogP contribution in [0.5, 0.6) is 0 Å². The van der Waals surface area contributed by atoms with Gasteiger partial charge in [-0.3, -0.25) is 0 Å². The van der Waals surface area contributed by atoms with Crippen molar-refractivity contribution in [3.05, 3.63) is 35.4 Å². The highest BCUT2D eigenvalue weighted by molar-refractivity contribution is 5.85. The van der Waals surface area contributed by atoms with Crippen LogP contribution in [-0.4, -0.2) is 13.1 Å². The molecule has 1 heterocycles. The van der Waals surface area contributed by atoms with E-state index in [1.807, 2.05) is 0 Å². The molecule has 0 radical (unpaired) electrons. The number of nitrogens with one attached hydrogen (secondary N) is 1. The number of benzene rings is 1. The van der Waals surface area contributed by atoms with Crippen LogP contribution in [-0.2, 0) is 6.42 Å². The first-order chi connectivity index (χ1) is 6.84. The molecule has 15 heavy (non-hydrogen) atoms. The lowest BCUT2D eigenvalue weighted by molar-refractivity contribution is 0.376. The Hall–Kier alpha value is -0.530. The van der Waals surface area contributed by atoms with Gasteiger partial charge in [-0.25, -0.2) is 0 Å². The largest absolute Gasteiger partial charge is 0.316 e. The molecular formula is C13H20ClN. The Morgan fingerprint density at radius 1 is 1.27 bits per heavy atom. The van der Waals surface area contributed by atoms with E-state index in [0.29, 0.717) is 0 Å². The molecule has 2 heteroatoms. The van der Waals surface area contributed by atoms with Crippen molar-refractivity contribution in [2.75, 3.05) is 13.1 Å². The number of halogens is 1. The lowest BCUT2D eigenvalue weighted by Crippen LogP contribution is -2.30. The summed E-state index contributed by atoms with van der Waals surface area (Å²) in [5.41, 5.74) is 2.85. The third-order valence-corrected chi connectivity index (χ3v) is 3.04. The maximum atomic E-state index is 3.47. The summed E-state index contributed by atoms with van der Waals surface area (Å²) in [6.45, 7) is 4.56. The van der Waals surface area contributed by atoms with Gasteiger partial charge in [0.1, 0.15) is 0 Å². The Morgan fingerprint density at radius 2 is 2.00 bits per heavy atom. The summed E-state index contributed by atoms with van der Waals surface area (Å²) in [5.74, 6) is 0.853. The van der Waals surface area contributed by atoms with Crippen LogP contribution in [0, 0.1) is 12.8 Å². The molecule has 0 bridgehead atoms. The fourth-order valence-electron chi connectivity index (χ4n) is 2.16. The maximum Gasteiger partial charge on any atom is -0.00173 e. The van der Waals surface area contributed by atoms with E-state index >= 15 is 0 Å². The minimum Gasteiger partial charge on any atom is -0.316 e. The van der Waals surface area contributed by atoms with Gasteiger partial charge in [0.05, 0.1) is 0 Å². The van der Waals surface area contributed by atoms with Crippen LogP contribution >= 0.6 is 12.4 Å². The molecule has 1 atom stereocenters. The Kier molecular flexibility index (Phi) is 5.13. The zero-order chi connectivity index (χ0) is 9.80. The third-order valence-electron chi connectivity index (χ3n) is 3.04. The zero-order valence-corrected chi connectivity index (χ0v) is 10.1. The standard InChI is InChI=1S/C13H19N.ClH/c1-11-4-6-12(7-5-11)9-13-3-2-8-14-10-13;/h4-7,13-14H,2-3,8-10H2,1H3;1H. The summed E-state index contributed by atoms with van der Waals surface area (Å²) in [4.78, 5) is 0. The third kappa shape index (κ3) is 3.84. The van der Waals surface area contributed by atoms with Crippen LogP contribution in [0.15, 0.2) is 24.3 Å². The molecule has 1 saturated heterocycles. The number of piperidine rings is 1. The minimum atomic E-state index is 0. The van der Waals surface area contributed by atoms with Crippen LogP contribution < -0.4 is 5.32 Å². The number of hydrogen-bond donors (Lipinski definition) is 1. The topological polar surface area (TPSA) is 12.0 Å². The van der Waals surface area contributed by atoms with Crippen molar-refractivity contribution in [1.29, 1.82) is 0 Å². The van der Waals surface area contributed by atoms with Crippen LogP contribution in [0.2, 0.25) is 0 Å². The van der Waals surface area contributed by atoms with Crippen molar-refractivity contribution < 1.29 is 0 Å². The van der Waals surface area contributed by atoms with Gasteiger partial charge in [0.2, 0.25) is 0 Å². The molecule has 0 aromatic heterocycles. The summed E-state index contributed by atoms with van der Waals surface area (Å²) in [5, 5.41) is 3.47. The van der Waals surface area contributed by atoms with E-state index in [9.17, 15) is 0 Å². The zero-order valence-electron chi connectivity index (χ0n) is 9.33. The van der Waals surface area contributed by atoms with Crippen LogP contribution in [0.4, 0.5) is 0 Å². The lowest BCUT2D eigenvalue weighted by atomic mass is 9.92. The maximum absolute atomic E-state index is 3.47. The number of hydrogen-bond acceptors (Lipinski definition) is 1. The molecule has 1 aliphatic heterocycles. The van der Waals surface area contributed by atoms with E-state index in [1.165, 1.54) is 43.5 Å². The molecule has 1 aromatic rings. The quantitative estimate of drug-likeness (QED) is 0.816. The molecule has 84 valence electrons. The van der Waals surface area contributed by atoms with E-state index in [1.54, 1.807) is 0 Å². The van der Waals surface area contributed by atoms with Crippen molar-refractivity contribution in [2.45, 2.75) is 26.2 Å². The first kappa shape index (κ1) is 12.5. The van der Waals surface area contributed by atoms with Gasteiger partial charge in [0.25, 0.3) is 0 Å². The van der Waals surface area contributed by atoms with Gasteiger partial charge in [-0.15, -0.1) is 12.4 Å². The molecule has 0 amide bonds. The summed E-state index contributed by atoms with van der Waals surface area (Å²) in [6, 6.07) is 8.96. The van der Waals surface area contributed by atoms with Gasteiger partial charge in [0, 0.05) is 0 Å². The molecule has 0 saturated carbocycles. The van der Waals surface area contributed by atoms with Gasteiger partial charge in [-0.05, 0) is 50.8 Å². The van der Waals surface area contributed by atoms with Crippen molar-refractivity contribution in [3.63, 3.8) is 0 Å². The van der Waals surface area contributed by atoms with Gasteiger partial charge >= 0.3 is 0 Å². The highest BCUT2D eigenvalue weighted by atomic mass is 35.5. The summed E-state index contributed by atoms with van der Waals surface area (Å²) in [7, 11) is 0. The SMILES string of the molecule is Cc1ccc(CC2CCCNC2)cc1.Cl. The molecule has 2 rings (SSSR count). The van der Waals surface area contributed by atoms with E-state index in [-0.39, 0.29) is 12.4 Å². The molecule has 1 aliphatic rings. The fraction of sp³-hybridized carbons (Fsp3) is 0.538. The minimum absolute atomic E-state index is 0. The van der Waals surface area contributed by atoms with Crippen LogP contribution in [0.25, 0.3) is 0 Å². The number of rotatable bonds is 2. The second kappa shape index (κ2) is 6.14. The van der Waals surface area contributed by atoms with Gasteiger partial charge in [-0.1, -0.05) is 29.8 Å². The fourth-order valence-corrected chi connectivity index (χ4v) is 2.16. The van der Waals surface area contributed by atoms with Gasteiger partial charge in [0.15, 0.2) is 0 Å². The molecule has 0 spiro atoms. The van der Waals surface area contributed by atoms with Crippen molar-refractivity contribution in [2.24, 2.45) is 5.92 Å². The molecule has 1 aromatic carbocycles. The molecule has 0 aliphatic carbocycles. The molecule has 1 N–H and O–H groups in total. The van der Waals surface area contributed by atoms with Gasteiger partial charge in [-0.2, -0.15) is 0 Å². The Labute approximate surface area is 98.7 Å². The van der Waals surface area contributed by atoms with E-state index in [0.717, 1.165) is 5.92 Å². The summed E-state index contributed by atoms with van der Waals surface area (Å²) < 4.78 is 0. The first-order valence-corrected chi connectivity index (χ1v) is 5.61. The molecular weight excluding hydrogens is 206 g/mol. The molecule has 1 nitrogen and oxygen atoms in total. The van der Waals surface area contributed by atoms with E-state index < -0.39 is 0 Å². The lowest BCUT2D eigenvalue weighted by Gasteiger charge is -2.22.